The van der Waals surface area contributed by atoms with Gasteiger partial charge >= 0.3 is 5.97 Å². The quantitative estimate of drug-likeness (QED) is 0.407. The van der Waals surface area contributed by atoms with Crippen LogP contribution in [-0.2, 0) is 7.05 Å². The molecular formula is C26H21N5O3. The Hall–Kier alpha value is -4.72. The molecule has 3 aromatic carbocycles. The van der Waals surface area contributed by atoms with E-state index in [0.29, 0.717) is 22.5 Å². The summed E-state index contributed by atoms with van der Waals surface area (Å²) in [5, 5.41) is 17.8. The predicted molar refractivity (Wildman–Crippen MR) is 131 cm³/mol. The third-order valence-corrected chi connectivity index (χ3v) is 5.74. The Morgan fingerprint density at radius 2 is 1.74 bits per heavy atom. The second-order valence-electron chi connectivity index (χ2n) is 7.89. The summed E-state index contributed by atoms with van der Waals surface area (Å²) in [5.41, 5.74) is 4.97. The molecule has 0 saturated heterocycles. The zero-order valence-electron chi connectivity index (χ0n) is 18.6. The molecule has 34 heavy (non-hydrogen) atoms. The first kappa shape index (κ1) is 21.1. The van der Waals surface area contributed by atoms with Gasteiger partial charge in [-0.2, -0.15) is 5.10 Å². The number of aryl methyl sites for hydroxylation is 2. The molecule has 0 spiro atoms. The van der Waals surface area contributed by atoms with Crippen LogP contribution in [0.2, 0.25) is 0 Å². The van der Waals surface area contributed by atoms with E-state index in [-0.39, 0.29) is 11.1 Å². The minimum Gasteiger partial charge on any atom is -0.478 e. The van der Waals surface area contributed by atoms with E-state index in [1.54, 1.807) is 40.6 Å². The van der Waals surface area contributed by atoms with Crippen LogP contribution in [-0.4, -0.2) is 30.4 Å². The summed E-state index contributed by atoms with van der Waals surface area (Å²) >= 11 is 0. The normalized spacial score (nSPS) is 11.0. The number of carboxylic acid groups (broad SMARTS) is 1. The average molecular weight is 451 g/mol. The fourth-order valence-electron chi connectivity index (χ4n) is 4.04. The molecular weight excluding hydrogens is 430 g/mol. The van der Waals surface area contributed by atoms with E-state index in [4.69, 9.17) is 5.10 Å². The van der Waals surface area contributed by atoms with Crippen LogP contribution in [0.25, 0.3) is 27.8 Å². The lowest BCUT2D eigenvalue weighted by atomic mass is 10.0. The van der Waals surface area contributed by atoms with Crippen LogP contribution in [0.15, 0.2) is 83.8 Å². The lowest BCUT2D eigenvalue weighted by Crippen LogP contribution is -2.16. The van der Waals surface area contributed by atoms with Crippen LogP contribution >= 0.6 is 0 Å². The van der Waals surface area contributed by atoms with E-state index in [9.17, 15) is 14.7 Å². The Labute approximate surface area is 194 Å². The van der Waals surface area contributed by atoms with Gasteiger partial charge in [0.25, 0.3) is 5.56 Å². The van der Waals surface area contributed by atoms with Crippen molar-refractivity contribution in [2.75, 3.05) is 5.32 Å². The SMILES string of the molecule is Cc1nn(-c2ccccc2)c(Nc2ccccc2C(=O)O)c1-c1ccc2ncc(=O)n(C)c2c1. The summed E-state index contributed by atoms with van der Waals surface area (Å²) in [5.74, 6) is -0.412. The molecule has 2 N–H and O–H groups in total. The van der Waals surface area contributed by atoms with Crippen molar-refractivity contribution >= 4 is 28.5 Å². The van der Waals surface area contributed by atoms with Gasteiger partial charge in [0.15, 0.2) is 0 Å². The van der Waals surface area contributed by atoms with Crippen molar-refractivity contribution in [3.05, 3.63) is 101 Å². The number of aromatic nitrogens is 4. The van der Waals surface area contributed by atoms with Crippen LogP contribution in [0, 0.1) is 6.92 Å². The number of hydrogen-bond acceptors (Lipinski definition) is 5. The minimum atomic E-state index is -1.03. The molecule has 168 valence electrons. The smallest absolute Gasteiger partial charge is 0.337 e. The van der Waals surface area contributed by atoms with Crippen LogP contribution in [0.3, 0.4) is 0 Å². The number of carbonyl (C=O) groups is 1. The second kappa shape index (κ2) is 8.32. The third-order valence-electron chi connectivity index (χ3n) is 5.74. The molecule has 8 nitrogen and oxygen atoms in total. The van der Waals surface area contributed by atoms with Gasteiger partial charge in [0, 0.05) is 12.6 Å². The Kier molecular flexibility index (Phi) is 5.18. The highest BCUT2D eigenvalue weighted by Gasteiger charge is 2.21. The van der Waals surface area contributed by atoms with E-state index in [1.807, 2.05) is 55.5 Å². The average Bonchev–Trinajstić information content (AvgIpc) is 3.17. The first-order valence-electron chi connectivity index (χ1n) is 10.6. The van der Waals surface area contributed by atoms with Gasteiger partial charge in [-0.25, -0.2) is 14.5 Å². The third kappa shape index (κ3) is 3.61. The molecule has 0 aliphatic rings. The van der Waals surface area contributed by atoms with Crippen LogP contribution < -0.4 is 10.9 Å². The number of hydrogen-bond donors (Lipinski definition) is 2. The molecule has 0 unspecified atom stereocenters. The Bertz CT molecular complexity index is 1600. The van der Waals surface area contributed by atoms with Gasteiger partial charge in [0.1, 0.15) is 5.82 Å². The Balaban J connectivity index is 1.76. The van der Waals surface area contributed by atoms with Crippen LogP contribution in [0.5, 0.6) is 0 Å². The monoisotopic (exact) mass is 451 g/mol. The minimum absolute atomic E-state index is 0.150. The van der Waals surface area contributed by atoms with Gasteiger partial charge in [0.05, 0.1) is 39.9 Å². The van der Waals surface area contributed by atoms with Crippen molar-refractivity contribution in [3.63, 3.8) is 0 Å². The molecule has 0 aliphatic heterocycles. The number of nitrogens with zero attached hydrogens (tertiary/aromatic N) is 4. The van der Waals surface area contributed by atoms with E-state index in [1.165, 1.54) is 6.20 Å². The summed E-state index contributed by atoms with van der Waals surface area (Å²) in [6.45, 7) is 1.90. The predicted octanol–water partition coefficient (Wildman–Crippen LogP) is 4.54. The molecule has 0 atom stereocenters. The van der Waals surface area contributed by atoms with Gasteiger partial charge < -0.3 is 15.0 Å². The number of fused-ring (bicyclic) bond motifs is 1. The highest BCUT2D eigenvalue weighted by atomic mass is 16.4. The number of aromatic carboxylic acids is 1. The van der Waals surface area contributed by atoms with Crippen LogP contribution in [0.1, 0.15) is 16.1 Å². The summed E-state index contributed by atoms with van der Waals surface area (Å²) in [6, 6.07) is 22.0. The van der Waals surface area contributed by atoms with E-state index >= 15 is 0 Å². The zero-order chi connectivity index (χ0) is 23.8. The highest BCUT2D eigenvalue weighted by molar-refractivity contribution is 5.96. The van der Waals surface area contributed by atoms with Crippen molar-refractivity contribution in [1.29, 1.82) is 0 Å². The standard InChI is InChI=1S/C26H21N5O3/c1-16-24(17-12-13-21-22(14-17)30(2)23(32)15-27-21)25(31(29-16)18-8-4-3-5-9-18)28-20-11-7-6-10-19(20)26(33)34/h3-15,28H,1-2H3,(H,33,34). The fraction of sp³-hybridized carbons (Fsp3) is 0.0769. The maximum absolute atomic E-state index is 12.2. The van der Waals surface area contributed by atoms with Crippen molar-refractivity contribution in [1.82, 2.24) is 19.3 Å². The van der Waals surface area contributed by atoms with Crippen molar-refractivity contribution in [2.45, 2.75) is 6.92 Å². The summed E-state index contributed by atoms with van der Waals surface area (Å²) < 4.78 is 3.31. The van der Waals surface area contributed by atoms with Gasteiger partial charge in [-0.1, -0.05) is 36.4 Å². The lowest BCUT2D eigenvalue weighted by Gasteiger charge is -2.15. The van der Waals surface area contributed by atoms with Gasteiger partial charge in [-0.15, -0.1) is 0 Å². The molecule has 2 heterocycles. The zero-order valence-corrected chi connectivity index (χ0v) is 18.6. The molecule has 0 bridgehead atoms. The molecule has 8 heteroatoms. The van der Waals surface area contributed by atoms with Crippen molar-refractivity contribution < 1.29 is 9.90 Å². The largest absolute Gasteiger partial charge is 0.478 e. The maximum atomic E-state index is 12.2. The highest BCUT2D eigenvalue weighted by Crippen LogP contribution is 2.37. The number of nitrogens with one attached hydrogen (secondary N) is 1. The fourth-order valence-corrected chi connectivity index (χ4v) is 4.04. The lowest BCUT2D eigenvalue weighted by molar-refractivity contribution is 0.0698. The first-order valence-corrected chi connectivity index (χ1v) is 10.6. The number of anilines is 2. The molecule has 0 fully saturated rings. The molecule has 5 aromatic rings. The maximum Gasteiger partial charge on any atom is 0.337 e. The molecule has 0 radical (unpaired) electrons. The summed E-state index contributed by atoms with van der Waals surface area (Å²) in [6.07, 6.45) is 1.30. The van der Waals surface area contributed by atoms with E-state index in [2.05, 4.69) is 10.3 Å². The second-order valence-corrected chi connectivity index (χ2v) is 7.89. The van der Waals surface area contributed by atoms with E-state index < -0.39 is 5.97 Å². The molecule has 0 saturated carbocycles. The summed E-state index contributed by atoms with van der Waals surface area (Å²) in [4.78, 5) is 28.2. The topological polar surface area (TPSA) is 102 Å². The van der Waals surface area contributed by atoms with Gasteiger partial charge in [-0.3, -0.25) is 4.79 Å². The molecule has 5 rings (SSSR count). The van der Waals surface area contributed by atoms with Crippen molar-refractivity contribution in [3.8, 4) is 16.8 Å². The number of benzene rings is 3. The molecule has 0 aliphatic carbocycles. The summed E-state index contributed by atoms with van der Waals surface area (Å²) in [7, 11) is 1.71. The Morgan fingerprint density at radius 3 is 2.50 bits per heavy atom. The Morgan fingerprint density at radius 1 is 1.00 bits per heavy atom. The number of para-hydroxylation sites is 2. The van der Waals surface area contributed by atoms with Gasteiger partial charge in [0.2, 0.25) is 0 Å². The molecule has 0 amide bonds. The number of carboxylic acids is 1. The van der Waals surface area contributed by atoms with Crippen LogP contribution in [0.4, 0.5) is 11.5 Å². The van der Waals surface area contributed by atoms with E-state index in [0.717, 1.165) is 22.5 Å². The van der Waals surface area contributed by atoms with Crippen molar-refractivity contribution in [2.24, 2.45) is 7.05 Å². The molecule has 2 aromatic heterocycles. The number of rotatable bonds is 5. The first-order chi connectivity index (χ1) is 16.4. The van der Waals surface area contributed by atoms with Gasteiger partial charge in [-0.05, 0) is 48.9 Å².